The van der Waals surface area contributed by atoms with Gasteiger partial charge in [0.25, 0.3) is 0 Å². The third-order valence-electron chi connectivity index (χ3n) is 4.96. The summed E-state index contributed by atoms with van der Waals surface area (Å²) in [6.07, 6.45) is 0.321. The van der Waals surface area contributed by atoms with Crippen molar-refractivity contribution in [1.82, 2.24) is 4.98 Å². The Labute approximate surface area is 144 Å². The number of hydrogen-bond donors (Lipinski definition) is 2. The SMILES string of the molecule is Cc1ccc(F)c2c3c([nH]c12)C(CC(=O)O)(c1ccccc1)OCC3. The van der Waals surface area contributed by atoms with Crippen molar-refractivity contribution in [2.75, 3.05) is 6.61 Å². The van der Waals surface area contributed by atoms with Crippen LogP contribution in [0.2, 0.25) is 0 Å². The van der Waals surface area contributed by atoms with Crippen molar-refractivity contribution in [3.63, 3.8) is 0 Å². The molecule has 0 fully saturated rings. The molecule has 1 atom stereocenters. The fraction of sp³-hybridized carbons (Fsp3) is 0.250. The molecule has 0 aliphatic carbocycles. The highest BCUT2D eigenvalue weighted by Crippen LogP contribution is 2.44. The highest BCUT2D eigenvalue weighted by molar-refractivity contribution is 5.89. The van der Waals surface area contributed by atoms with Crippen molar-refractivity contribution in [2.24, 2.45) is 0 Å². The Hall–Kier alpha value is -2.66. The van der Waals surface area contributed by atoms with Crippen molar-refractivity contribution in [3.8, 4) is 0 Å². The number of H-pyrrole nitrogens is 1. The molecule has 1 aliphatic rings. The van der Waals surface area contributed by atoms with Gasteiger partial charge in [0.15, 0.2) is 0 Å². The summed E-state index contributed by atoms with van der Waals surface area (Å²) >= 11 is 0. The van der Waals surface area contributed by atoms with Gasteiger partial charge in [-0.1, -0.05) is 36.4 Å². The minimum atomic E-state index is -1.14. The molecule has 2 N–H and O–H groups in total. The van der Waals surface area contributed by atoms with E-state index in [1.165, 1.54) is 6.07 Å². The zero-order chi connectivity index (χ0) is 17.6. The van der Waals surface area contributed by atoms with Crippen LogP contribution in [0.1, 0.15) is 28.8 Å². The largest absolute Gasteiger partial charge is 0.481 e. The Kier molecular flexibility index (Phi) is 3.62. The van der Waals surface area contributed by atoms with Crippen molar-refractivity contribution in [1.29, 1.82) is 0 Å². The first kappa shape index (κ1) is 15.8. The van der Waals surface area contributed by atoms with E-state index in [1.54, 1.807) is 6.07 Å². The molecule has 0 amide bonds. The molecule has 2 heterocycles. The molecular weight excluding hydrogens is 321 g/mol. The predicted molar refractivity (Wildman–Crippen MR) is 92.1 cm³/mol. The number of fused-ring (bicyclic) bond motifs is 3. The molecule has 2 aromatic carbocycles. The highest BCUT2D eigenvalue weighted by Gasteiger charge is 2.44. The number of carbonyl (C=O) groups is 1. The Balaban J connectivity index is 2.05. The molecule has 0 saturated heterocycles. The lowest BCUT2D eigenvalue weighted by atomic mass is 9.82. The first-order chi connectivity index (χ1) is 12.0. The number of aliphatic carboxylic acids is 1. The fourth-order valence-electron chi connectivity index (χ4n) is 3.85. The normalized spacial score (nSPS) is 19.8. The van der Waals surface area contributed by atoms with Gasteiger partial charge in [-0.25, -0.2) is 4.39 Å². The molecule has 1 unspecified atom stereocenters. The van der Waals surface area contributed by atoms with Crippen molar-refractivity contribution >= 4 is 16.9 Å². The molecule has 128 valence electrons. The number of aryl methyl sites for hydroxylation is 1. The van der Waals surface area contributed by atoms with Crippen LogP contribution in [0.4, 0.5) is 4.39 Å². The van der Waals surface area contributed by atoms with E-state index in [1.807, 2.05) is 37.3 Å². The van der Waals surface area contributed by atoms with E-state index in [0.29, 0.717) is 29.6 Å². The number of aromatic nitrogens is 1. The number of carboxylic acids is 1. The molecule has 4 nitrogen and oxygen atoms in total. The minimum Gasteiger partial charge on any atom is -0.481 e. The molecule has 0 spiro atoms. The summed E-state index contributed by atoms with van der Waals surface area (Å²) in [5.74, 6) is -1.26. The second-order valence-corrected chi connectivity index (χ2v) is 6.45. The van der Waals surface area contributed by atoms with E-state index in [9.17, 15) is 14.3 Å². The van der Waals surface area contributed by atoms with Gasteiger partial charge in [0.2, 0.25) is 0 Å². The predicted octanol–water partition coefficient (Wildman–Crippen LogP) is 3.91. The van der Waals surface area contributed by atoms with Gasteiger partial charge in [-0.05, 0) is 36.1 Å². The number of hydrogen-bond acceptors (Lipinski definition) is 2. The van der Waals surface area contributed by atoms with Crippen LogP contribution in [-0.2, 0) is 21.6 Å². The van der Waals surface area contributed by atoms with Crippen LogP contribution in [0.5, 0.6) is 0 Å². The van der Waals surface area contributed by atoms with E-state index in [0.717, 1.165) is 16.7 Å². The average molecular weight is 339 g/mol. The minimum absolute atomic E-state index is 0.225. The maximum Gasteiger partial charge on any atom is 0.307 e. The Morgan fingerprint density at radius 1 is 1.28 bits per heavy atom. The van der Waals surface area contributed by atoms with Gasteiger partial charge in [0.05, 0.1) is 24.2 Å². The molecule has 1 aromatic heterocycles. The van der Waals surface area contributed by atoms with E-state index in [2.05, 4.69) is 4.98 Å². The molecule has 25 heavy (non-hydrogen) atoms. The summed E-state index contributed by atoms with van der Waals surface area (Å²) in [4.78, 5) is 14.9. The molecule has 0 bridgehead atoms. The number of carboxylic acid groups (broad SMARTS) is 1. The second kappa shape index (κ2) is 5.70. The average Bonchev–Trinajstić information content (AvgIpc) is 3.01. The maximum absolute atomic E-state index is 14.5. The smallest absolute Gasteiger partial charge is 0.307 e. The van der Waals surface area contributed by atoms with E-state index < -0.39 is 11.6 Å². The molecule has 0 saturated carbocycles. The summed E-state index contributed by atoms with van der Waals surface area (Å²) < 4.78 is 20.6. The lowest BCUT2D eigenvalue weighted by molar-refractivity contribution is -0.144. The summed E-state index contributed by atoms with van der Waals surface area (Å²) in [7, 11) is 0. The van der Waals surface area contributed by atoms with Crippen LogP contribution in [0, 0.1) is 12.7 Å². The molecule has 0 radical (unpaired) electrons. The third kappa shape index (κ3) is 2.35. The van der Waals surface area contributed by atoms with Gasteiger partial charge >= 0.3 is 5.97 Å². The van der Waals surface area contributed by atoms with Crippen molar-refractivity contribution in [3.05, 3.63) is 70.7 Å². The lowest BCUT2D eigenvalue weighted by Crippen LogP contribution is -2.39. The van der Waals surface area contributed by atoms with Crippen LogP contribution < -0.4 is 0 Å². The van der Waals surface area contributed by atoms with Gasteiger partial charge in [-0.3, -0.25) is 4.79 Å². The molecule has 4 rings (SSSR count). The number of aromatic amines is 1. The fourth-order valence-corrected chi connectivity index (χ4v) is 3.85. The number of benzene rings is 2. The molecule has 3 aromatic rings. The molecule has 5 heteroatoms. The van der Waals surface area contributed by atoms with Gasteiger partial charge in [0, 0.05) is 5.39 Å². The summed E-state index contributed by atoms with van der Waals surface area (Å²) in [6, 6.07) is 12.5. The second-order valence-electron chi connectivity index (χ2n) is 6.45. The summed E-state index contributed by atoms with van der Waals surface area (Å²) in [6.45, 7) is 2.25. The van der Waals surface area contributed by atoms with Crippen LogP contribution in [0.15, 0.2) is 42.5 Å². The standard InChI is InChI=1S/C20H18FNO3/c1-12-7-8-15(21)17-14-9-10-25-20(11-16(23)24,19(14)22-18(12)17)13-5-3-2-4-6-13/h2-8,22H,9-11H2,1H3,(H,23,24). The van der Waals surface area contributed by atoms with Gasteiger partial charge in [-0.2, -0.15) is 0 Å². The van der Waals surface area contributed by atoms with Gasteiger partial charge in [-0.15, -0.1) is 0 Å². The van der Waals surface area contributed by atoms with E-state index in [-0.39, 0.29) is 12.2 Å². The van der Waals surface area contributed by atoms with Crippen LogP contribution in [0.25, 0.3) is 10.9 Å². The van der Waals surface area contributed by atoms with Crippen LogP contribution in [0.3, 0.4) is 0 Å². The summed E-state index contributed by atoms with van der Waals surface area (Å²) in [5.41, 5.74) is 2.70. The van der Waals surface area contributed by atoms with Crippen LogP contribution >= 0.6 is 0 Å². The number of ether oxygens (including phenoxy) is 1. The Bertz CT molecular complexity index is 964. The van der Waals surface area contributed by atoms with E-state index in [4.69, 9.17) is 4.74 Å². The van der Waals surface area contributed by atoms with Gasteiger partial charge in [0.1, 0.15) is 11.4 Å². The Morgan fingerprint density at radius 3 is 2.76 bits per heavy atom. The molecule has 1 aliphatic heterocycles. The monoisotopic (exact) mass is 339 g/mol. The topological polar surface area (TPSA) is 62.3 Å². The van der Waals surface area contributed by atoms with Crippen molar-refractivity contribution < 1.29 is 19.0 Å². The van der Waals surface area contributed by atoms with E-state index >= 15 is 0 Å². The summed E-state index contributed by atoms with van der Waals surface area (Å²) in [5, 5.41) is 10.1. The van der Waals surface area contributed by atoms with Crippen LogP contribution in [-0.4, -0.2) is 22.7 Å². The zero-order valence-electron chi connectivity index (χ0n) is 13.8. The number of halogens is 1. The lowest BCUT2D eigenvalue weighted by Gasteiger charge is -2.36. The Morgan fingerprint density at radius 2 is 2.04 bits per heavy atom. The first-order valence-corrected chi connectivity index (χ1v) is 8.24. The number of rotatable bonds is 3. The zero-order valence-corrected chi connectivity index (χ0v) is 13.8. The molecular formula is C20H18FNO3. The quantitative estimate of drug-likeness (QED) is 0.760. The van der Waals surface area contributed by atoms with Gasteiger partial charge < -0.3 is 14.8 Å². The van der Waals surface area contributed by atoms with Crippen molar-refractivity contribution in [2.45, 2.75) is 25.4 Å². The maximum atomic E-state index is 14.5. The third-order valence-corrected chi connectivity index (χ3v) is 4.96. The highest BCUT2D eigenvalue weighted by atomic mass is 19.1. The first-order valence-electron chi connectivity index (χ1n) is 8.24. The number of nitrogens with one attached hydrogen (secondary N) is 1.